The molecular formula is C31H31N2O4S4+. The van der Waals surface area contributed by atoms with Crippen molar-refractivity contribution in [3.8, 4) is 5.75 Å². The SMILES string of the molecule is CCC(=Cc1sc2cc(OC)c3ccsc3c2[n+]1CCCS(=O)(=O)O)C=C1Sc2ccc3ccccc3c2N1CC. The maximum atomic E-state index is 11.5. The molecule has 6 nitrogen and oxygen atoms in total. The van der Waals surface area contributed by atoms with Crippen LogP contribution in [0.1, 0.15) is 31.7 Å². The number of hydrogen-bond donors (Lipinski definition) is 1. The fourth-order valence-corrected chi connectivity index (χ4v) is 9.39. The smallest absolute Gasteiger partial charge is 0.265 e. The number of anilines is 1. The summed E-state index contributed by atoms with van der Waals surface area (Å²) in [6.07, 6.45) is 5.68. The molecule has 41 heavy (non-hydrogen) atoms. The lowest BCUT2D eigenvalue weighted by atomic mass is 10.1. The summed E-state index contributed by atoms with van der Waals surface area (Å²) in [6.45, 7) is 5.70. The van der Waals surface area contributed by atoms with Crippen molar-refractivity contribution in [3.05, 3.63) is 75.6 Å². The van der Waals surface area contributed by atoms with Crippen molar-refractivity contribution in [2.75, 3.05) is 24.3 Å². The van der Waals surface area contributed by atoms with Gasteiger partial charge in [-0.1, -0.05) is 60.4 Å². The van der Waals surface area contributed by atoms with Gasteiger partial charge in [0.15, 0.2) is 6.54 Å². The zero-order valence-electron chi connectivity index (χ0n) is 23.1. The number of benzene rings is 3. The van der Waals surface area contributed by atoms with Gasteiger partial charge >= 0.3 is 0 Å². The molecule has 10 heteroatoms. The highest BCUT2D eigenvalue weighted by atomic mass is 32.2. The van der Waals surface area contributed by atoms with Crippen LogP contribution in [0.25, 0.3) is 37.2 Å². The van der Waals surface area contributed by atoms with Crippen molar-refractivity contribution in [2.45, 2.75) is 38.1 Å². The van der Waals surface area contributed by atoms with E-state index in [0.717, 1.165) is 44.0 Å². The fourth-order valence-electron chi connectivity index (χ4n) is 5.44. The van der Waals surface area contributed by atoms with Gasteiger partial charge in [-0.05, 0) is 47.9 Å². The van der Waals surface area contributed by atoms with Gasteiger partial charge in [-0.3, -0.25) is 4.55 Å². The Labute approximate surface area is 252 Å². The average molecular weight is 624 g/mol. The summed E-state index contributed by atoms with van der Waals surface area (Å²) >= 11 is 5.14. The normalized spacial score (nSPS) is 15.1. The number of thioether (sulfide) groups is 1. The summed E-state index contributed by atoms with van der Waals surface area (Å²) < 4.78 is 42.5. The van der Waals surface area contributed by atoms with Crippen molar-refractivity contribution in [1.29, 1.82) is 0 Å². The largest absolute Gasteiger partial charge is 0.496 e. The van der Waals surface area contributed by atoms with Gasteiger partial charge in [0.25, 0.3) is 15.1 Å². The minimum Gasteiger partial charge on any atom is -0.496 e. The van der Waals surface area contributed by atoms with Crippen molar-refractivity contribution < 1.29 is 22.3 Å². The lowest BCUT2D eigenvalue weighted by molar-refractivity contribution is -0.667. The van der Waals surface area contributed by atoms with Gasteiger partial charge in [0.1, 0.15) is 15.1 Å². The minimum absolute atomic E-state index is 0.275. The molecule has 0 spiro atoms. The van der Waals surface area contributed by atoms with Crippen LogP contribution in [0, 0.1) is 0 Å². The summed E-state index contributed by atoms with van der Waals surface area (Å²) in [4.78, 5) is 3.67. The number of methoxy groups -OCH3 is 1. The predicted molar refractivity (Wildman–Crippen MR) is 174 cm³/mol. The summed E-state index contributed by atoms with van der Waals surface area (Å²) in [5, 5.41) is 7.85. The summed E-state index contributed by atoms with van der Waals surface area (Å²) in [6, 6.07) is 17.1. The molecule has 0 bridgehead atoms. The molecule has 0 radical (unpaired) electrons. The van der Waals surface area contributed by atoms with Crippen LogP contribution >= 0.6 is 34.4 Å². The average Bonchev–Trinajstić information content (AvgIpc) is 3.66. The van der Waals surface area contributed by atoms with Crippen LogP contribution in [0.4, 0.5) is 5.69 Å². The number of aromatic nitrogens is 1. The molecule has 0 fully saturated rings. The first-order valence-electron chi connectivity index (χ1n) is 13.6. The van der Waals surface area contributed by atoms with Crippen LogP contribution in [-0.4, -0.2) is 32.4 Å². The molecule has 0 saturated carbocycles. The highest BCUT2D eigenvalue weighted by Gasteiger charge is 2.28. The number of thiazole rings is 1. The molecule has 0 unspecified atom stereocenters. The molecule has 3 aromatic carbocycles. The highest BCUT2D eigenvalue weighted by molar-refractivity contribution is 8.03. The van der Waals surface area contributed by atoms with E-state index >= 15 is 0 Å². The lowest BCUT2D eigenvalue weighted by Crippen LogP contribution is -2.36. The molecule has 212 valence electrons. The number of hydrogen-bond acceptors (Lipinski definition) is 7. The van der Waals surface area contributed by atoms with E-state index < -0.39 is 10.1 Å². The number of ether oxygens (including phenoxy) is 1. The van der Waals surface area contributed by atoms with Gasteiger partial charge in [0.05, 0.1) is 23.6 Å². The third-order valence-corrected chi connectivity index (χ3v) is 11.3. The van der Waals surface area contributed by atoms with Crippen LogP contribution < -0.4 is 14.2 Å². The first-order chi connectivity index (χ1) is 19.8. The van der Waals surface area contributed by atoms with E-state index in [4.69, 9.17) is 4.74 Å². The van der Waals surface area contributed by atoms with Gasteiger partial charge in [-0.15, -0.1) is 11.3 Å². The number of thiophene rings is 1. The second-order valence-electron chi connectivity index (χ2n) is 9.86. The number of nitrogens with zero attached hydrogens (tertiary/aromatic N) is 2. The monoisotopic (exact) mass is 623 g/mol. The molecule has 1 N–H and O–H groups in total. The van der Waals surface area contributed by atoms with Crippen molar-refractivity contribution >= 4 is 87.4 Å². The summed E-state index contributed by atoms with van der Waals surface area (Å²) in [7, 11) is -2.35. The number of allylic oxidation sites excluding steroid dienone is 2. The van der Waals surface area contributed by atoms with Gasteiger partial charge in [-0.25, -0.2) is 0 Å². The van der Waals surface area contributed by atoms with Crippen LogP contribution in [0.15, 0.2) is 75.5 Å². The molecule has 0 saturated heterocycles. The van der Waals surface area contributed by atoms with Gasteiger partial charge in [0.2, 0.25) is 5.52 Å². The van der Waals surface area contributed by atoms with E-state index in [1.807, 2.05) is 0 Å². The third kappa shape index (κ3) is 5.39. The van der Waals surface area contributed by atoms with E-state index in [1.54, 1.807) is 41.5 Å². The van der Waals surface area contributed by atoms with E-state index in [2.05, 4.69) is 89.4 Å². The molecular weight excluding hydrogens is 593 g/mol. The molecule has 0 aliphatic carbocycles. The number of fused-ring (bicyclic) bond motifs is 6. The highest BCUT2D eigenvalue weighted by Crippen LogP contribution is 2.49. The fraction of sp³-hybridized carbons (Fsp3) is 0.258. The molecule has 2 aromatic heterocycles. The van der Waals surface area contributed by atoms with Gasteiger partial charge in [0, 0.05) is 40.8 Å². The molecule has 5 aromatic rings. The van der Waals surface area contributed by atoms with Crippen LogP contribution in [0.3, 0.4) is 0 Å². The quantitative estimate of drug-likeness (QED) is 0.132. The van der Waals surface area contributed by atoms with Crippen molar-refractivity contribution in [3.63, 3.8) is 0 Å². The molecule has 3 heterocycles. The Morgan fingerprint density at radius 3 is 2.71 bits per heavy atom. The second kappa shape index (κ2) is 11.4. The lowest BCUT2D eigenvalue weighted by Gasteiger charge is -2.20. The van der Waals surface area contributed by atoms with Crippen LogP contribution in [0.5, 0.6) is 5.75 Å². The third-order valence-electron chi connectivity index (χ3n) is 7.35. The maximum absolute atomic E-state index is 11.5. The maximum Gasteiger partial charge on any atom is 0.265 e. The van der Waals surface area contributed by atoms with E-state index in [-0.39, 0.29) is 5.75 Å². The Hall–Kier alpha value is -2.89. The zero-order chi connectivity index (χ0) is 28.7. The van der Waals surface area contributed by atoms with Crippen molar-refractivity contribution in [1.82, 2.24) is 0 Å². The Bertz CT molecular complexity index is 1950. The topological polar surface area (TPSA) is 70.7 Å². The molecule has 1 aliphatic rings. The number of aryl methyl sites for hydroxylation is 1. The Morgan fingerprint density at radius 2 is 1.95 bits per heavy atom. The van der Waals surface area contributed by atoms with Crippen LogP contribution in [0.2, 0.25) is 0 Å². The summed E-state index contributed by atoms with van der Waals surface area (Å²) in [5.41, 5.74) is 3.54. The van der Waals surface area contributed by atoms with Gasteiger partial charge < -0.3 is 9.64 Å². The second-order valence-corrected chi connectivity index (χ2v) is 14.5. The first-order valence-corrected chi connectivity index (χ1v) is 17.7. The predicted octanol–water partition coefficient (Wildman–Crippen LogP) is 8.11. The van der Waals surface area contributed by atoms with Crippen molar-refractivity contribution in [2.24, 2.45) is 0 Å². The van der Waals surface area contributed by atoms with Crippen LogP contribution in [-0.2, 0) is 16.7 Å². The molecule has 6 rings (SSSR count). The summed E-state index contributed by atoms with van der Waals surface area (Å²) in [5.74, 6) is 0.558. The Morgan fingerprint density at radius 1 is 1.12 bits per heavy atom. The zero-order valence-corrected chi connectivity index (χ0v) is 26.4. The standard InChI is InChI=1S/C31H30N2O4S4/c1-4-20(17-27-32(5-2)29-22-10-7-6-9-21(22)11-12-25(29)39-27)18-28-33(14-8-16-41(34,35)36)30-26(40-28)19-24(37-3)23-13-15-38-31(23)30/h6-7,9-13,15,17-19H,4-5,8,14,16H2,1-3H3/p+1. The Kier molecular flexibility index (Phi) is 7.86. The van der Waals surface area contributed by atoms with E-state index in [0.29, 0.717) is 13.0 Å². The molecule has 0 atom stereocenters. The van der Waals surface area contributed by atoms with Gasteiger partial charge in [-0.2, -0.15) is 13.0 Å². The first kappa shape index (κ1) is 28.2. The van der Waals surface area contributed by atoms with E-state index in [1.165, 1.54) is 32.0 Å². The molecule has 0 amide bonds. The Balaban J connectivity index is 1.46. The molecule has 1 aliphatic heterocycles. The van der Waals surface area contributed by atoms with E-state index in [9.17, 15) is 13.0 Å². The minimum atomic E-state index is -4.04. The number of rotatable bonds is 9.